The molecule has 2 aliphatic heterocycles. The predicted octanol–water partition coefficient (Wildman–Crippen LogP) is 1.07. The zero-order valence-electron chi connectivity index (χ0n) is 36.9. The molecular formula is C40H56N5O20P. The predicted molar refractivity (Wildman–Crippen MR) is 223 cm³/mol. The van der Waals surface area contributed by atoms with E-state index in [1.54, 1.807) is 30.3 Å². The van der Waals surface area contributed by atoms with Crippen molar-refractivity contribution in [2.24, 2.45) is 5.92 Å². The normalized spacial score (nSPS) is 24.5. The van der Waals surface area contributed by atoms with Crippen LogP contribution in [0.15, 0.2) is 52.2 Å². The molecule has 0 spiro atoms. The highest BCUT2D eigenvalue weighted by Crippen LogP contribution is 2.50. The number of hydrogen-bond donors (Lipinski definition) is 5. The maximum Gasteiger partial charge on any atom is 0.508 e. The van der Waals surface area contributed by atoms with Gasteiger partial charge in [0, 0.05) is 72.7 Å². The zero-order valence-corrected chi connectivity index (χ0v) is 37.8. The van der Waals surface area contributed by atoms with Crippen molar-refractivity contribution < 1.29 is 85.2 Å². The Bertz CT molecular complexity index is 2120. The number of nitrogens with one attached hydrogen (secondary N) is 4. The molecule has 1 aromatic heterocycles. The molecule has 0 aliphatic carbocycles. The Hall–Kier alpha value is -5.69. The number of urea groups is 1. The molecule has 2 aromatic rings. The van der Waals surface area contributed by atoms with E-state index in [-0.39, 0.29) is 39.1 Å². The number of phosphoric ester groups is 1. The van der Waals surface area contributed by atoms with Gasteiger partial charge in [-0.3, -0.25) is 42.6 Å². The highest BCUT2D eigenvalue weighted by atomic mass is 31.2. The summed E-state index contributed by atoms with van der Waals surface area (Å²) in [5.41, 5.74) is -0.858. The molecule has 66 heavy (non-hydrogen) atoms. The molecule has 0 radical (unpaired) electrons. The van der Waals surface area contributed by atoms with Crippen molar-refractivity contribution in [1.82, 2.24) is 25.5 Å². The Kier molecular flexibility index (Phi) is 20.7. The highest BCUT2D eigenvalue weighted by Gasteiger charge is 2.52. The average molecular weight is 958 g/mol. The van der Waals surface area contributed by atoms with Gasteiger partial charge in [-0.1, -0.05) is 30.3 Å². The van der Waals surface area contributed by atoms with Crippen molar-refractivity contribution >= 4 is 43.8 Å². The van der Waals surface area contributed by atoms with Crippen LogP contribution in [0.1, 0.15) is 65.2 Å². The molecule has 3 amide bonds. The number of phosphoric acid groups is 1. The quantitative estimate of drug-likeness (QED) is 0.0450. The lowest BCUT2D eigenvalue weighted by molar-refractivity contribution is -0.277. The second-order valence-electron chi connectivity index (χ2n) is 14.9. The van der Waals surface area contributed by atoms with E-state index in [4.69, 9.17) is 42.4 Å². The van der Waals surface area contributed by atoms with E-state index < -0.39 is 123 Å². The van der Waals surface area contributed by atoms with Crippen molar-refractivity contribution in [2.75, 3.05) is 40.0 Å². The molecule has 1 aromatic carbocycles. The summed E-state index contributed by atoms with van der Waals surface area (Å²) < 4.78 is 68.3. The number of nitrogens with zero attached hydrogens (tertiary/aromatic N) is 1. The summed E-state index contributed by atoms with van der Waals surface area (Å²) in [5, 5.41) is 8.00. The number of carbonyl (C=O) groups is 6. The van der Waals surface area contributed by atoms with Crippen LogP contribution in [0, 0.1) is 5.92 Å². The maximum absolute atomic E-state index is 12.9. The summed E-state index contributed by atoms with van der Waals surface area (Å²) >= 11 is 0. The Labute approximate surface area is 377 Å². The Morgan fingerprint density at radius 1 is 0.803 bits per heavy atom. The molecule has 26 heteroatoms. The van der Waals surface area contributed by atoms with Crippen LogP contribution in [0.25, 0.3) is 0 Å². The number of unbranched alkanes of at least 4 members (excludes halogenated alkanes) is 1. The number of amides is 3. The van der Waals surface area contributed by atoms with Crippen LogP contribution < -0.4 is 27.2 Å². The van der Waals surface area contributed by atoms with Crippen LogP contribution in [-0.2, 0) is 77.3 Å². The largest absolute Gasteiger partial charge is 0.508 e. The number of rotatable bonds is 23. The monoisotopic (exact) mass is 957 g/mol. The van der Waals surface area contributed by atoms with Gasteiger partial charge in [0.15, 0.2) is 18.5 Å². The molecule has 4 rings (SSSR count). The fourth-order valence-electron chi connectivity index (χ4n) is 7.05. The van der Waals surface area contributed by atoms with Crippen molar-refractivity contribution in [2.45, 2.75) is 109 Å². The van der Waals surface area contributed by atoms with Gasteiger partial charge in [-0.2, -0.15) is 0 Å². The Balaban J connectivity index is 1.32. The molecule has 3 heterocycles. The van der Waals surface area contributed by atoms with E-state index in [2.05, 4.69) is 25.5 Å². The topological polar surface area (TPSA) is 323 Å². The standard InChI is InChI=1S/C40H56N5O20P/c1-23(46)43-32-35(62-26(4)49)34(61-25(3)48)30(21-58-24(2)47)64-37(32)57-19-10-9-16-41-38(51)42-17-11-14-28-33(65-66(54,55)56-5)29(63-36(28)45-18-15-31(50)44-39(45)52)22-60-40(53)59-20-27-12-7-6-8-13-27/h6-8,12-13,15,18,28-30,32-37H,9-11,14,16-17,19-22H2,1-5H3,(H,43,46)(H,54,55)(H2,41,42,51)(H,44,50,52)/t28-,29+,30+,32+,33?,34-,35+,36+,37+/m0/s1. The van der Waals surface area contributed by atoms with Gasteiger partial charge in [0.05, 0.1) is 0 Å². The lowest BCUT2D eigenvalue weighted by Crippen LogP contribution is -2.66. The molecule has 5 N–H and O–H groups in total. The number of H-pyrrole nitrogens is 1. The number of esters is 3. The van der Waals surface area contributed by atoms with Crippen LogP contribution in [0.2, 0.25) is 0 Å². The smallest absolute Gasteiger partial charge is 0.463 e. The zero-order chi connectivity index (χ0) is 48.4. The fourth-order valence-corrected chi connectivity index (χ4v) is 7.74. The van der Waals surface area contributed by atoms with Gasteiger partial charge in [-0.15, -0.1) is 0 Å². The van der Waals surface area contributed by atoms with E-state index in [1.807, 2.05) is 0 Å². The molecule has 366 valence electrons. The first-order chi connectivity index (χ1) is 31.4. The number of ether oxygens (including phenoxy) is 8. The summed E-state index contributed by atoms with van der Waals surface area (Å²) in [6.07, 6.45) is -7.57. The number of carbonyl (C=O) groups excluding carboxylic acids is 6. The fraction of sp³-hybridized carbons (Fsp3) is 0.600. The summed E-state index contributed by atoms with van der Waals surface area (Å²) in [6, 6.07) is 8.16. The molecule has 0 bridgehead atoms. The first-order valence-corrected chi connectivity index (χ1v) is 22.3. The van der Waals surface area contributed by atoms with Crippen molar-refractivity contribution in [3.63, 3.8) is 0 Å². The molecule has 25 nitrogen and oxygen atoms in total. The minimum absolute atomic E-state index is 0.0202. The number of aromatic amines is 1. The van der Waals surface area contributed by atoms with Crippen LogP contribution in [0.4, 0.5) is 9.59 Å². The average Bonchev–Trinajstić information content (AvgIpc) is 3.58. The van der Waals surface area contributed by atoms with E-state index in [1.165, 1.54) is 13.1 Å². The molecule has 2 unspecified atom stereocenters. The van der Waals surface area contributed by atoms with Crippen LogP contribution >= 0.6 is 7.82 Å². The lowest BCUT2D eigenvalue weighted by Gasteiger charge is -2.44. The molecular weight excluding hydrogens is 901 g/mol. The molecule has 2 aliphatic rings. The van der Waals surface area contributed by atoms with Crippen LogP contribution in [-0.4, -0.2) is 133 Å². The molecule has 0 saturated carbocycles. The number of aromatic nitrogens is 2. The Morgan fingerprint density at radius 3 is 2.09 bits per heavy atom. The summed E-state index contributed by atoms with van der Waals surface area (Å²) in [5.74, 6) is -3.60. The van der Waals surface area contributed by atoms with E-state index in [0.29, 0.717) is 18.4 Å². The Morgan fingerprint density at radius 2 is 1.45 bits per heavy atom. The minimum atomic E-state index is -4.71. The van der Waals surface area contributed by atoms with Gasteiger partial charge in [0.1, 0.15) is 50.4 Å². The highest BCUT2D eigenvalue weighted by molar-refractivity contribution is 7.47. The van der Waals surface area contributed by atoms with E-state index >= 15 is 0 Å². The minimum Gasteiger partial charge on any atom is -0.463 e. The number of benzene rings is 1. The summed E-state index contributed by atoms with van der Waals surface area (Å²) in [4.78, 5) is 110. The van der Waals surface area contributed by atoms with Gasteiger partial charge in [-0.25, -0.2) is 18.9 Å². The third kappa shape index (κ3) is 16.9. The maximum atomic E-state index is 12.9. The third-order valence-corrected chi connectivity index (χ3v) is 10.8. The summed E-state index contributed by atoms with van der Waals surface area (Å²) in [7, 11) is -3.77. The van der Waals surface area contributed by atoms with Crippen LogP contribution in [0.5, 0.6) is 0 Å². The second-order valence-corrected chi connectivity index (χ2v) is 16.4. The van der Waals surface area contributed by atoms with Gasteiger partial charge >= 0.3 is 43.6 Å². The second kappa shape index (κ2) is 25.9. The number of hydrogen-bond acceptors (Lipinski definition) is 19. The first kappa shape index (κ1) is 52.9. The van der Waals surface area contributed by atoms with Crippen molar-refractivity contribution in [3.05, 3.63) is 69.0 Å². The van der Waals surface area contributed by atoms with Gasteiger partial charge < -0.3 is 58.7 Å². The van der Waals surface area contributed by atoms with Crippen molar-refractivity contribution in [1.29, 1.82) is 0 Å². The SMILES string of the molecule is COP(=O)(O)OC1[C@@H](COC(=O)OCc2ccccc2)O[C@@H](n2ccc(=O)[nH]c2=O)[C@H]1CCCNC(=O)NCCCCO[C@@H]1O[C@H](COC(C)=O)[C@H](OC(C)=O)[C@H](OC(C)=O)[C@H]1NC(C)=O. The van der Waals surface area contributed by atoms with Gasteiger partial charge in [0.2, 0.25) is 5.91 Å². The van der Waals surface area contributed by atoms with E-state index in [0.717, 1.165) is 38.5 Å². The van der Waals surface area contributed by atoms with Gasteiger partial charge in [-0.05, 0) is 31.2 Å². The molecule has 10 atom stereocenters. The molecule has 2 fully saturated rings. The lowest BCUT2D eigenvalue weighted by atomic mass is 9.94. The summed E-state index contributed by atoms with van der Waals surface area (Å²) in [6.45, 7) is 3.86. The first-order valence-electron chi connectivity index (χ1n) is 20.8. The van der Waals surface area contributed by atoms with Crippen molar-refractivity contribution in [3.8, 4) is 0 Å². The molecule has 2 saturated heterocycles. The third-order valence-electron chi connectivity index (χ3n) is 9.85. The van der Waals surface area contributed by atoms with Crippen LogP contribution in [0.3, 0.4) is 0 Å². The van der Waals surface area contributed by atoms with Gasteiger partial charge in [0.25, 0.3) is 5.56 Å². The van der Waals surface area contributed by atoms with E-state index in [9.17, 15) is 47.8 Å².